The van der Waals surface area contributed by atoms with Gasteiger partial charge in [0.1, 0.15) is 0 Å². The van der Waals surface area contributed by atoms with Crippen molar-refractivity contribution in [1.29, 1.82) is 0 Å². The smallest absolute Gasteiger partial charge is 0.333 e. The molecule has 0 saturated carbocycles. The second-order valence-corrected chi connectivity index (χ2v) is 6.19. The van der Waals surface area contributed by atoms with E-state index in [0.717, 1.165) is 12.8 Å². The standard InChI is InChI=1S/C19H32N2O4/c1-6-10-20-16-11-14(19(23)24-9-4)12-17(18(16)21-13(5)22)25-15(7-2)8-3/h6,12,15-18,20H,1,7-11H2,2-5H3,(H,21,22)/t16-,17+,18+/m0/s1. The Hall–Kier alpha value is -1.66. The van der Waals surface area contributed by atoms with Crippen molar-refractivity contribution in [2.45, 2.75) is 71.2 Å². The van der Waals surface area contributed by atoms with E-state index in [4.69, 9.17) is 9.47 Å². The fraction of sp³-hybridized carbons (Fsp3) is 0.684. The van der Waals surface area contributed by atoms with Crippen LogP contribution in [0.5, 0.6) is 0 Å². The van der Waals surface area contributed by atoms with E-state index in [2.05, 4.69) is 31.1 Å². The molecule has 6 nitrogen and oxygen atoms in total. The Balaban J connectivity index is 3.12. The van der Waals surface area contributed by atoms with Crippen molar-refractivity contribution in [2.24, 2.45) is 0 Å². The van der Waals surface area contributed by atoms with Crippen LogP contribution in [0.3, 0.4) is 0 Å². The first-order chi connectivity index (χ1) is 12.0. The zero-order valence-corrected chi connectivity index (χ0v) is 15.8. The predicted octanol–water partition coefficient (Wildman–Crippen LogP) is 2.10. The third kappa shape index (κ3) is 6.63. The summed E-state index contributed by atoms with van der Waals surface area (Å²) in [6.07, 6.45) is 5.46. The molecule has 0 aliphatic heterocycles. The first-order valence-corrected chi connectivity index (χ1v) is 9.11. The van der Waals surface area contributed by atoms with Gasteiger partial charge in [-0.3, -0.25) is 4.79 Å². The molecule has 0 aromatic rings. The van der Waals surface area contributed by atoms with Gasteiger partial charge in [0.05, 0.1) is 24.9 Å². The molecule has 0 aromatic heterocycles. The minimum Gasteiger partial charge on any atom is -0.463 e. The summed E-state index contributed by atoms with van der Waals surface area (Å²) >= 11 is 0. The molecule has 0 unspecified atom stereocenters. The van der Waals surface area contributed by atoms with Crippen LogP contribution in [-0.4, -0.2) is 49.3 Å². The zero-order valence-electron chi connectivity index (χ0n) is 15.8. The Bertz CT molecular complexity index is 486. The number of hydrogen-bond acceptors (Lipinski definition) is 5. The van der Waals surface area contributed by atoms with E-state index in [9.17, 15) is 9.59 Å². The van der Waals surface area contributed by atoms with E-state index >= 15 is 0 Å². The van der Waals surface area contributed by atoms with Crippen molar-refractivity contribution in [3.8, 4) is 0 Å². The van der Waals surface area contributed by atoms with E-state index < -0.39 is 0 Å². The lowest BCUT2D eigenvalue weighted by molar-refractivity contribution is -0.139. The number of carbonyl (C=O) groups is 2. The highest BCUT2D eigenvalue weighted by atomic mass is 16.5. The first kappa shape index (κ1) is 21.4. The molecule has 0 radical (unpaired) electrons. The maximum atomic E-state index is 12.2. The van der Waals surface area contributed by atoms with E-state index in [1.54, 1.807) is 13.0 Å². The van der Waals surface area contributed by atoms with Gasteiger partial charge in [0, 0.05) is 25.1 Å². The molecule has 142 valence electrons. The number of amides is 1. The molecule has 1 rings (SSSR count). The molecule has 0 bridgehead atoms. The largest absolute Gasteiger partial charge is 0.463 e. The van der Waals surface area contributed by atoms with Crippen LogP contribution in [0.15, 0.2) is 24.3 Å². The van der Waals surface area contributed by atoms with Crippen LogP contribution in [0.4, 0.5) is 0 Å². The molecule has 25 heavy (non-hydrogen) atoms. The number of nitrogens with one attached hydrogen (secondary N) is 2. The molecule has 0 spiro atoms. The van der Waals surface area contributed by atoms with Crippen molar-refractivity contribution in [3.63, 3.8) is 0 Å². The van der Waals surface area contributed by atoms with Gasteiger partial charge in [-0.25, -0.2) is 4.79 Å². The van der Waals surface area contributed by atoms with Crippen LogP contribution in [0, 0.1) is 0 Å². The van der Waals surface area contributed by atoms with Crippen molar-refractivity contribution in [2.75, 3.05) is 13.2 Å². The molecule has 3 atom stereocenters. The van der Waals surface area contributed by atoms with Crippen LogP contribution >= 0.6 is 0 Å². The minimum absolute atomic E-state index is 0.0686. The lowest BCUT2D eigenvalue weighted by atomic mass is 9.87. The summed E-state index contributed by atoms with van der Waals surface area (Å²) in [7, 11) is 0. The Morgan fingerprint density at radius 1 is 1.36 bits per heavy atom. The molecule has 1 amide bonds. The van der Waals surface area contributed by atoms with Gasteiger partial charge in [0.15, 0.2) is 0 Å². The molecule has 1 aliphatic carbocycles. The molecular weight excluding hydrogens is 320 g/mol. The van der Waals surface area contributed by atoms with Gasteiger partial charge in [-0.1, -0.05) is 19.9 Å². The molecule has 6 heteroatoms. The Labute approximate surface area is 151 Å². The minimum atomic E-state index is -0.385. The van der Waals surface area contributed by atoms with Gasteiger partial charge < -0.3 is 20.1 Å². The fourth-order valence-electron chi connectivity index (χ4n) is 3.02. The molecule has 0 fully saturated rings. The number of rotatable bonds is 10. The van der Waals surface area contributed by atoms with Crippen LogP contribution in [0.25, 0.3) is 0 Å². The summed E-state index contributed by atoms with van der Waals surface area (Å²) in [6.45, 7) is 12.0. The third-order valence-electron chi connectivity index (χ3n) is 4.28. The van der Waals surface area contributed by atoms with Crippen LogP contribution < -0.4 is 10.6 Å². The van der Waals surface area contributed by atoms with Gasteiger partial charge in [-0.2, -0.15) is 0 Å². The normalized spacial score (nSPS) is 23.1. The Kier molecular flexibility index (Phi) is 9.45. The quantitative estimate of drug-likeness (QED) is 0.465. The topological polar surface area (TPSA) is 76.7 Å². The zero-order chi connectivity index (χ0) is 18.8. The summed E-state index contributed by atoms with van der Waals surface area (Å²) < 4.78 is 11.4. The first-order valence-electron chi connectivity index (χ1n) is 9.11. The van der Waals surface area contributed by atoms with Crippen LogP contribution in [0.1, 0.15) is 47.0 Å². The van der Waals surface area contributed by atoms with Gasteiger partial charge in [0.25, 0.3) is 0 Å². The molecular formula is C19H32N2O4. The van der Waals surface area contributed by atoms with Gasteiger partial charge in [0.2, 0.25) is 5.91 Å². The highest BCUT2D eigenvalue weighted by Gasteiger charge is 2.37. The Morgan fingerprint density at radius 3 is 2.56 bits per heavy atom. The predicted molar refractivity (Wildman–Crippen MR) is 98.2 cm³/mol. The number of carbonyl (C=O) groups excluding carboxylic acids is 2. The second-order valence-electron chi connectivity index (χ2n) is 6.19. The third-order valence-corrected chi connectivity index (χ3v) is 4.28. The van der Waals surface area contributed by atoms with Crippen molar-refractivity contribution < 1.29 is 19.1 Å². The van der Waals surface area contributed by atoms with E-state index in [0.29, 0.717) is 25.1 Å². The number of esters is 1. The highest BCUT2D eigenvalue weighted by Crippen LogP contribution is 2.25. The molecule has 0 saturated heterocycles. The van der Waals surface area contributed by atoms with Gasteiger partial charge >= 0.3 is 5.97 Å². The van der Waals surface area contributed by atoms with Gasteiger partial charge in [-0.15, -0.1) is 6.58 Å². The summed E-state index contributed by atoms with van der Waals surface area (Å²) in [4.78, 5) is 23.9. The van der Waals surface area contributed by atoms with Crippen molar-refractivity contribution in [3.05, 3.63) is 24.3 Å². The summed E-state index contributed by atoms with van der Waals surface area (Å²) in [6, 6.07) is -0.387. The second kappa shape index (κ2) is 11.1. The number of hydrogen-bond donors (Lipinski definition) is 2. The SMILES string of the molecule is C=CCN[C@H]1CC(C(=O)OCC)=C[C@@H](OC(CC)CC)[C@@H]1NC(C)=O. The highest BCUT2D eigenvalue weighted by molar-refractivity contribution is 5.89. The Morgan fingerprint density at radius 2 is 2.04 bits per heavy atom. The van der Waals surface area contributed by atoms with E-state index in [-0.39, 0.29) is 36.2 Å². The van der Waals surface area contributed by atoms with E-state index in [1.807, 2.05) is 6.08 Å². The summed E-state index contributed by atoms with van der Waals surface area (Å²) in [5.74, 6) is -0.450. The molecule has 0 aromatic carbocycles. The fourth-order valence-corrected chi connectivity index (χ4v) is 3.02. The van der Waals surface area contributed by atoms with E-state index in [1.165, 1.54) is 6.92 Å². The van der Waals surface area contributed by atoms with Crippen molar-refractivity contribution in [1.82, 2.24) is 10.6 Å². The van der Waals surface area contributed by atoms with Crippen LogP contribution in [-0.2, 0) is 19.1 Å². The summed E-state index contributed by atoms with van der Waals surface area (Å²) in [5, 5.41) is 6.31. The average Bonchev–Trinajstić information content (AvgIpc) is 2.59. The summed E-state index contributed by atoms with van der Waals surface area (Å²) in [5.41, 5.74) is 0.584. The monoisotopic (exact) mass is 352 g/mol. The lowest BCUT2D eigenvalue weighted by Gasteiger charge is -2.38. The lowest BCUT2D eigenvalue weighted by Crippen LogP contribution is -2.58. The molecule has 1 aliphatic rings. The molecule has 0 heterocycles. The maximum absolute atomic E-state index is 12.2. The van der Waals surface area contributed by atoms with Crippen molar-refractivity contribution >= 4 is 11.9 Å². The average molecular weight is 352 g/mol. The van der Waals surface area contributed by atoms with Crippen LogP contribution in [0.2, 0.25) is 0 Å². The maximum Gasteiger partial charge on any atom is 0.333 e. The number of ether oxygens (including phenoxy) is 2. The molecule has 2 N–H and O–H groups in total. The van der Waals surface area contributed by atoms with Gasteiger partial charge in [-0.05, 0) is 32.3 Å².